The number of hydrogen-bond donors (Lipinski definition) is 1. The summed E-state index contributed by atoms with van der Waals surface area (Å²) < 4.78 is 7.35. The van der Waals surface area contributed by atoms with E-state index in [1.807, 2.05) is 18.2 Å². The summed E-state index contributed by atoms with van der Waals surface area (Å²) >= 11 is 6.31. The summed E-state index contributed by atoms with van der Waals surface area (Å²) in [7, 11) is 1.72. The molecule has 128 valence electrons. The van der Waals surface area contributed by atoms with Crippen LogP contribution < -0.4 is 5.32 Å². The van der Waals surface area contributed by atoms with E-state index < -0.39 is 0 Å². The quantitative estimate of drug-likeness (QED) is 0.624. The number of benzene rings is 2. The zero-order valence-corrected chi connectivity index (χ0v) is 15.2. The molecule has 24 heavy (non-hydrogen) atoms. The van der Waals surface area contributed by atoms with Gasteiger partial charge in [-0.25, -0.2) is 0 Å². The molecule has 0 aliphatic rings. The number of rotatable bonds is 7. The summed E-state index contributed by atoms with van der Waals surface area (Å²) in [6.45, 7) is 3.18. The third kappa shape index (κ3) is 4.31. The number of hydrogen-bond acceptors (Lipinski definition) is 2. The molecule has 0 aliphatic carbocycles. The van der Waals surface area contributed by atoms with Gasteiger partial charge in [0.05, 0.1) is 6.61 Å². The van der Waals surface area contributed by atoms with Crippen LogP contribution in [-0.2, 0) is 17.8 Å². The molecule has 0 atom stereocenters. The highest BCUT2D eigenvalue weighted by atomic mass is 35.5. The van der Waals surface area contributed by atoms with Gasteiger partial charge in [-0.3, -0.25) is 0 Å². The molecule has 3 aromatic rings. The topological polar surface area (TPSA) is 26.2 Å². The molecule has 2 aromatic carbocycles. The van der Waals surface area contributed by atoms with Gasteiger partial charge in [-0.05, 0) is 23.3 Å². The predicted molar refractivity (Wildman–Crippen MR) is 103 cm³/mol. The number of methoxy groups -OCH3 is 1. The van der Waals surface area contributed by atoms with Crippen molar-refractivity contribution < 1.29 is 4.74 Å². The van der Waals surface area contributed by atoms with Gasteiger partial charge in [-0.15, -0.1) is 12.4 Å². The first-order valence-electron chi connectivity index (χ1n) is 7.79. The minimum Gasteiger partial charge on any atom is -0.383 e. The Kier molecular flexibility index (Phi) is 7.13. The number of nitrogens with one attached hydrogen (secondary N) is 1. The summed E-state index contributed by atoms with van der Waals surface area (Å²) in [5, 5.41) is 5.51. The first-order chi connectivity index (χ1) is 11.3. The standard InChI is InChI=1S/C19H21ClN2O.ClH/c1-23-11-10-21-12-16-14-22(19-9-5-3-7-17(16)19)13-15-6-2-4-8-18(15)20;/h2-9,14,21H,10-13H2,1H3;1H. The van der Waals surface area contributed by atoms with Gasteiger partial charge < -0.3 is 14.6 Å². The Hall–Kier alpha value is -1.52. The van der Waals surface area contributed by atoms with Crippen molar-refractivity contribution in [3.63, 3.8) is 0 Å². The molecule has 0 spiro atoms. The van der Waals surface area contributed by atoms with Crippen molar-refractivity contribution in [2.45, 2.75) is 13.1 Å². The average molecular weight is 365 g/mol. The van der Waals surface area contributed by atoms with E-state index in [2.05, 4.69) is 46.4 Å². The van der Waals surface area contributed by atoms with Crippen molar-refractivity contribution in [1.29, 1.82) is 0 Å². The number of para-hydroxylation sites is 1. The molecule has 0 saturated carbocycles. The van der Waals surface area contributed by atoms with Gasteiger partial charge in [0.1, 0.15) is 0 Å². The lowest BCUT2D eigenvalue weighted by Crippen LogP contribution is -2.18. The van der Waals surface area contributed by atoms with Crippen LogP contribution in [0.4, 0.5) is 0 Å². The fourth-order valence-electron chi connectivity index (χ4n) is 2.80. The van der Waals surface area contributed by atoms with Crippen molar-refractivity contribution in [2.75, 3.05) is 20.3 Å². The van der Waals surface area contributed by atoms with Crippen molar-refractivity contribution in [3.8, 4) is 0 Å². The van der Waals surface area contributed by atoms with Crippen molar-refractivity contribution in [1.82, 2.24) is 9.88 Å². The van der Waals surface area contributed by atoms with Gasteiger partial charge in [0, 0.05) is 48.9 Å². The van der Waals surface area contributed by atoms with E-state index in [9.17, 15) is 0 Å². The van der Waals surface area contributed by atoms with E-state index in [4.69, 9.17) is 16.3 Å². The van der Waals surface area contributed by atoms with Crippen LogP contribution in [0.1, 0.15) is 11.1 Å². The van der Waals surface area contributed by atoms with E-state index in [0.29, 0.717) is 0 Å². The van der Waals surface area contributed by atoms with Crippen LogP contribution in [0.5, 0.6) is 0 Å². The smallest absolute Gasteiger partial charge is 0.0587 e. The molecular formula is C19H22Cl2N2O. The Bertz CT molecular complexity index is 786. The van der Waals surface area contributed by atoms with Crippen LogP contribution in [0.25, 0.3) is 10.9 Å². The molecule has 0 aliphatic heterocycles. The lowest BCUT2D eigenvalue weighted by atomic mass is 10.2. The van der Waals surface area contributed by atoms with Crippen molar-refractivity contribution in [3.05, 3.63) is 70.9 Å². The molecule has 3 rings (SSSR count). The van der Waals surface area contributed by atoms with Crippen molar-refractivity contribution in [2.24, 2.45) is 0 Å². The molecule has 5 heteroatoms. The zero-order chi connectivity index (χ0) is 16.1. The van der Waals surface area contributed by atoms with Crippen molar-refractivity contribution >= 4 is 34.9 Å². The van der Waals surface area contributed by atoms with Crippen LogP contribution >= 0.6 is 24.0 Å². The minimum absolute atomic E-state index is 0. The number of ether oxygens (including phenoxy) is 1. The van der Waals surface area contributed by atoms with Crippen LogP contribution in [0.3, 0.4) is 0 Å². The van der Waals surface area contributed by atoms with Crippen LogP contribution in [0.2, 0.25) is 5.02 Å². The summed E-state index contributed by atoms with van der Waals surface area (Å²) in [6, 6.07) is 16.5. The molecule has 0 amide bonds. The first kappa shape index (κ1) is 18.8. The Morgan fingerprint density at radius 2 is 1.79 bits per heavy atom. The average Bonchev–Trinajstić information content (AvgIpc) is 2.92. The second-order valence-corrected chi connectivity index (χ2v) is 5.97. The highest BCUT2D eigenvalue weighted by Gasteiger charge is 2.09. The van der Waals surface area contributed by atoms with Crippen LogP contribution in [0, 0.1) is 0 Å². The Morgan fingerprint density at radius 3 is 2.58 bits per heavy atom. The fourth-order valence-corrected chi connectivity index (χ4v) is 3.00. The lowest BCUT2D eigenvalue weighted by molar-refractivity contribution is 0.199. The summed E-state index contributed by atoms with van der Waals surface area (Å²) in [5.41, 5.74) is 3.66. The normalized spacial score (nSPS) is 10.8. The molecule has 0 saturated heterocycles. The van der Waals surface area contributed by atoms with Gasteiger partial charge in [-0.2, -0.15) is 0 Å². The van der Waals surface area contributed by atoms with Gasteiger partial charge in [-0.1, -0.05) is 48.0 Å². The Labute approximate surface area is 154 Å². The van der Waals surface area contributed by atoms with E-state index in [1.54, 1.807) is 7.11 Å². The maximum absolute atomic E-state index is 6.31. The van der Waals surface area contributed by atoms with Gasteiger partial charge in [0.15, 0.2) is 0 Å². The highest BCUT2D eigenvalue weighted by Crippen LogP contribution is 2.24. The SMILES string of the molecule is COCCNCc1cn(Cc2ccccc2Cl)c2ccccc12.Cl. The second-order valence-electron chi connectivity index (χ2n) is 5.56. The van der Waals surface area contributed by atoms with E-state index in [1.165, 1.54) is 16.5 Å². The highest BCUT2D eigenvalue weighted by molar-refractivity contribution is 6.31. The third-order valence-electron chi connectivity index (χ3n) is 3.97. The molecule has 0 unspecified atom stereocenters. The number of aromatic nitrogens is 1. The largest absolute Gasteiger partial charge is 0.383 e. The second kappa shape index (κ2) is 9.09. The summed E-state index contributed by atoms with van der Waals surface area (Å²) in [5.74, 6) is 0. The Morgan fingerprint density at radius 1 is 1.04 bits per heavy atom. The number of nitrogens with zero attached hydrogens (tertiary/aromatic N) is 1. The molecule has 1 N–H and O–H groups in total. The Balaban J connectivity index is 0.00000208. The number of halogens is 2. The maximum Gasteiger partial charge on any atom is 0.0587 e. The minimum atomic E-state index is 0. The molecule has 0 radical (unpaired) electrons. The molecule has 0 fully saturated rings. The zero-order valence-electron chi connectivity index (χ0n) is 13.7. The summed E-state index contributed by atoms with van der Waals surface area (Å²) in [6.07, 6.45) is 2.22. The fraction of sp³-hybridized carbons (Fsp3) is 0.263. The molecule has 3 nitrogen and oxygen atoms in total. The molecule has 1 aromatic heterocycles. The van der Waals surface area contributed by atoms with E-state index >= 15 is 0 Å². The predicted octanol–water partition coefficient (Wildman–Crippen LogP) is 4.50. The monoisotopic (exact) mass is 364 g/mol. The third-order valence-corrected chi connectivity index (χ3v) is 4.34. The molecular weight excluding hydrogens is 343 g/mol. The maximum atomic E-state index is 6.31. The van der Waals surface area contributed by atoms with E-state index in [-0.39, 0.29) is 12.4 Å². The number of fused-ring (bicyclic) bond motifs is 1. The van der Waals surface area contributed by atoms with Crippen LogP contribution in [-0.4, -0.2) is 24.8 Å². The first-order valence-corrected chi connectivity index (χ1v) is 8.17. The summed E-state index contributed by atoms with van der Waals surface area (Å²) in [4.78, 5) is 0. The van der Waals surface area contributed by atoms with Gasteiger partial charge in [0.25, 0.3) is 0 Å². The molecule has 0 bridgehead atoms. The molecule has 1 heterocycles. The van der Waals surface area contributed by atoms with E-state index in [0.717, 1.165) is 36.8 Å². The van der Waals surface area contributed by atoms with Gasteiger partial charge in [0.2, 0.25) is 0 Å². The lowest BCUT2D eigenvalue weighted by Gasteiger charge is -2.07. The van der Waals surface area contributed by atoms with Crippen LogP contribution in [0.15, 0.2) is 54.7 Å². The van der Waals surface area contributed by atoms with Gasteiger partial charge >= 0.3 is 0 Å².